The van der Waals surface area contributed by atoms with E-state index in [0.29, 0.717) is 13.2 Å². The summed E-state index contributed by atoms with van der Waals surface area (Å²) in [5.74, 6) is -0.364. The molecule has 1 fully saturated rings. The molecule has 132 valence electrons. The van der Waals surface area contributed by atoms with Crippen molar-refractivity contribution in [2.24, 2.45) is 5.92 Å². The third-order valence-electron chi connectivity index (χ3n) is 4.13. The molecule has 1 N–H and O–H groups in total. The Labute approximate surface area is 143 Å². The summed E-state index contributed by atoms with van der Waals surface area (Å²) < 4.78 is 10.5. The summed E-state index contributed by atoms with van der Waals surface area (Å²) in [5, 5.41) is 3.03. The second-order valence-corrected chi connectivity index (χ2v) is 6.60. The molecule has 1 atom stereocenters. The Kier molecular flexibility index (Phi) is 6.79. The van der Waals surface area contributed by atoms with Crippen LogP contribution in [-0.2, 0) is 19.1 Å². The summed E-state index contributed by atoms with van der Waals surface area (Å²) in [7, 11) is 0. The van der Waals surface area contributed by atoms with Crippen molar-refractivity contribution in [2.75, 3.05) is 13.2 Å². The van der Waals surface area contributed by atoms with Gasteiger partial charge in [-0.05, 0) is 39.2 Å². The van der Waals surface area contributed by atoms with Crippen molar-refractivity contribution in [3.05, 3.63) is 35.4 Å². The van der Waals surface area contributed by atoms with E-state index in [-0.39, 0.29) is 36.4 Å². The Balaban J connectivity index is 2.07. The SMILES string of the molecule is Cc1ccc(C(CC(=O)OC(C)C)NC(=O)C2CCOCC2)cc1. The van der Waals surface area contributed by atoms with E-state index < -0.39 is 0 Å². The van der Waals surface area contributed by atoms with E-state index in [1.165, 1.54) is 0 Å². The summed E-state index contributed by atoms with van der Waals surface area (Å²) in [5.41, 5.74) is 2.06. The van der Waals surface area contributed by atoms with E-state index in [1.807, 2.05) is 45.0 Å². The van der Waals surface area contributed by atoms with Crippen LogP contribution in [0.15, 0.2) is 24.3 Å². The Hall–Kier alpha value is -1.88. The van der Waals surface area contributed by atoms with Crippen molar-refractivity contribution in [3.63, 3.8) is 0 Å². The quantitative estimate of drug-likeness (QED) is 0.813. The molecule has 0 saturated carbocycles. The molecule has 5 heteroatoms. The van der Waals surface area contributed by atoms with Gasteiger partial charge in [-0.2, -0.15) is 0 Å². The molecule has 24 heavy (non-hydrogen) atoms. The average molecular weight is 333 g/mol. The number of carbonyl (C=O) groups excluding carboxylic acids is 2. The Morgan fingerprint density at radius 2 is 1.83 bits per heavy atom. The van der Waals surface area contributed by atoms with Crippen LogP contribution < -0.4 is 5.32 Å². The molecule has 0 bridgehead atoms. The van der Waals surface area contributed by atoms with Gasteiger partial charge in [0.15, 0.2) is 0 Å². The van der Waals surface area contributed by atoms with E-state index in [2.05, 4.69) is 5.32 Å². The molecule has 1 amide bonds. The number of hydrogen-bond acceptors (Lipinski definition) is 4. The first kappa shape index (κ1) is 18.5. The molecule has 1 aliphatic heterocycles. The van der Waals surface area contributed by atoms with Gasteiger partial charge in [0.2, 0.25) is 5.91 Å². The Morgan fingerprint density at radius 3 is 2.42 bits per heavy atom. The van der Waals surface area contributed by atoms with Gasteiger partial charge >= 0.3 is 5.97 Å². The smallest absolute Gasteiger partial charge is 0.308 e. The van der Waals surface area contributed by atoms with Crippen LogP contribution in [-0.4, -0.2) is 31.2 Å². The van der Waals surface area contributed by atoms with Gasteiger partial charge in [0, 0.05) is 19.1 Å². The molecular weight excluding hydrogens is 306 g/mol. The van der Waals surface area contributed by atoms with Gasteiger partial charge in [-0.1, -0.05) is 29.8 Å². The highest BCUT2D eigenvalue weighted by atomic mass is 16.5. The summed E-state index contributed by atoms with van der Waals surface area (Å²) in [4.78, 5) is 24.6. The topological polar surface area (TPSA) is 64.6 Å². The minimum atomic E-state index is -0.368. The molecule has 0 aliphatic carbocycles. The molecule has 5 nitrogen and oxygen atoms in total. The summed E-state index contributed by atoms with van der Waals surface area (Å²) >= 11 is 0. The largest absolute Gasteiger partial charge is 0.463 e. The van der Waals surface area contributed by atoms with E-state index in [0.717, 1.165) is 24.0 Å². The Bertz CT molecular complexity index is 547. The van der Waals surface area contributed by atoms with Gasteiger partial charge < -0.3 is 14.8 Å². The van der Waals surface area contributed by atoms with Crippen LogP contribution in [0, 0.1) is 12.8 Å². The number of benzene rings is 1. The van der Waals surface area contributed by atoms with Gasteiger partial charge in [0.05, 0.1) is 18.6 Å². The molecule has 0 spiro atoms. The zero-order chi connectivity index (χ0) is 17.5. The molecule has 1 aromatic carbocycles. The highest BCUT2D eigenvalue weighted by Gasteiger charge is 2.26. The molecule has 1 saturated heterocycles. The van der Waals surface area contributed by atoms with Crippen molar-refractivity contribution >= 4 is 11.9 Å². The molecule has 1 heterocycles. The van der Waals surface area contributed by atoms with Crippen molar-refractivity contribution in [3.8, 4) is 0 Å². The van der Waals surface area contributed by atoms with Gasteiger partial charge in [-0.3, -0.25) is 9.59 Å². The predicted molar refractivity (Wildman–Crippen MR) is 91.5 cm³/mol. The predicted octanol–water partition coefficient (Wildman–Crippen LogP) is 2.92. The fraction of sp³-hybridized carbons (Fsp3) is 0.579. The molecule has 0 radical (unpaired) electrons. The van der Waals surface area contributed by atoms with Crippen molar-refractivity contribution < 1.29 is 19.1 Å². The van der Waals surface area contributed by atoms with Gasteiger partial charge in [0.25, 0.3) is 0 Å². The molecule has 1 unspecified atom stereocenters. The van der Waals surface area contributed by atoms with E-state index in [1.54, 1.807) is 0 Å². The third-order valence-corrected chi connectivity index (χ3v) is 4.13. The number of amides is 1. The monoisotopic (exact) mass is 333 g/mol. The first-order chi connectivity index (χ1) is 11.5. The van der Waals surface area contributed by atoms with Gasteiger partial charge in [-0.25, -0.2) is 0 Å². The molecule has 0 aromatic heterocycles. The maximum atomic E-state index is 12.5. The van der Waals surface area contributed by atoms with E-state index in [9.17, 15) is 9.59 Å². The fourth-order valence-electron chi connectivity index (χ4n) is 2.78. The van der Waals surface area contributed by atoms with Gasteiger partial charge in [-0.15, -0.1) is 0 Å². The first-order valence-electron chi connectivity index (χ1n) is 8.60. The van der Waals surface area contributed by atoms with Crippen LogP contribution in [0.2, 0.25) is 0 Å². The number of carbonyl (C=O) groups is 2. The lowest BCUT2D eigenvalue weighted by molar-refractivity contribution is -0.148. The first-order valence-corrected chi connectivity index (χ1v) is 8.60. The van der Waals surface area contributed by atoms with Crippen LogP contribution in [0.4, 0.5) is 0 Å². The lowest BCUT2D eigenvalue weighted by atomic mass is 9.97. The van der Waals surface area contributed by atoms with Crippen LogP contribution in [0.3, 0.4) is 0 Å². The molecule has 1 aliphatic rings. The lowest BCUT2D eigenvalue weighted by Gasteiger charge is -2.25. The number of ether oxygens (including phenoxy) is 2. The zero-order valence-electron chi connectivity index (χ0n) is 14.7. The highest BCUT2D eigenvalue weighted by Crippen LogP contribution is 2.22. The average Bonchev–Trinajstić information content (AvgIpc) is 2.55. The maximum absolute atomic E-state index is 12.5. The Morgan fingerprint density at radius 1 is 1.21 bits per heavy atom. The number of nitrogens with one attached hydrogen (secondary N) is 1. The van der Waals surface area contributed by atoms with Gasteiger partial charge in [0.1, 0.15) is 0 Å². The number of rotatable bonds is 6. The number of hydrogen-bond donors (Lipinski definition) is 1. The fourth-order valence-corrected chi connectivity index (χ4v) is 2.78. The summed E-state index contributed by atoms with van der Waals surface area (Å²) in [6, 6.07) is 7.50. The maximum Gasteiger partial charge on any atom is 0.308 e. The van der Waals surface area contributed by atoms with Crippen molar-refractivity contribution in [2.45, 2.75) is 52.2 Å². The third kappa shape index (κ3) is 5.64. The van der Waals surface area contributed by atoms with Crippen molar-refractivity contribution in [1.29, 1.82) is 0 Å². The lowest BCUT2D eigenvalue weighted by Crippen LogP contribution is -2.37. The molecule has 1 aromatic rings. The standard InChI is InChI=1S/C19H27NO4/c1-13(2)24-18(21)12-17(15-6-4-14(3)5-7-15)20-19(22)16-8-10-23-11-9-16/h4-7,13,16-17H,8-12H2,1-3H3,(H,20,22). The van der Waals surface area contributed by atoms with Crippen molar-refractivity contribution in [1.82, 2.24) is 5.32 Å². The minimum absolute atomic E-state index is 0.0128. The zero-order valence-corrected chi connectivity index (χ0v) is 14.7. The van der Waals surface area contributed by atoms with E-state index >= 15 is 0 Å². The second-order valence-electron chi connectivity index (χ2n) is 6.60. The van der Waals surface area contributed by atoms with Crippen LogP contribution >= 0.6 is 0 Å². The summed E-state index contributed by atoms with van der Waals surface area (Å²) in [6.07, 6.45) is 1.42. The minimum Gasteiger partial charge on any atom is -0.463 e. The van der Waals surface area contributed by atoms with Crippen LogP contribution in [0.25, 0.3) is 0 Å². The second kappa shape index (κ2) is 8.83. The van der Waals surface area contributed by atoms with Crippen LogP contribution in [0.1, 0.15) is 50.3 Å². The van der Waals surface area contributed by atoms with Crippen LogP contribution in [0.5, 0.6) is 0 Å². The summed E-state index contributed by atoms with van der Waals surface area (Å²) in [6.45, 7) is 6.87. The molecular formula is C19H27NO4. The van der Waals surface area contributed by atoms with E-state index in [4.69, 9.17) is 9.47 Å². The molecule has 2 rings (SSSR count). The normalized spacial score (nSPS) is 16.7. The number of aryl methyl sites for hydroxylation is 1. The highest BCUT2D eigenvalue weighted by molar-refractivity contribution is 5.80. The number of esters is 1.